The van der Waals surface area contributed by atoms with Crippen LogP contribution in [0.4, 0.5) is 4.39 Å². The lowest BCUT2D eigenvalue weighted by molar-refractivity contribution is 0.0731. The van der Waals surface area contributed by atoms with Crippen molar-refractivity contribution in [1.29, 1.82) is 0 Å². The number of hydrogen-bond donors (Lipinski definition) is 1. The standard InChI is InChI=1S/C13H19FN2O3S/c1-15-12(8-14)13(19-2)11-6-4-10(5-7-11)9-16-20(3,17)18/h4-7,12-13,16H,1,8-9H2,2-3H3/t12-,13-/m1/s1. The first-order valence-corrected chi connectivity index (χ1v) is 7.88. The van der Waals surface area contributed by atoms with Gasteiger partial charge < -0.3 is 4.74 Å². The number of aliphatic imine (C=N–C) groups is 1. The van der Waals surface area contributed by atoms with E-state index in [0.717, 1.165) is 17.4 Å². The Bertz CT molecular complexity index is 531. The summed E-state index contributed by atoms with van der Waals surface area (Å²) >= 11 is 0. The fourth-order valence-electron chi connectivity index (χ4n) is 1.78. The van der Waals surface area contributed by atoms with E-state index in [1.807, 2.05) is 0 Å². The van der Waals surface area contributed by atoms with E-state index in [1.165, 1.54) is 7.11 Å². The fraction of sp³-hybridized carbons (Fsp3) is 0.462. The Labute approximate surface area is 118 Å². The molecule has 1 N–H and O–H groups in total. The number of nitrogens with one attached hydrogen (secondary N) is 1. The van der Waals surface area contributed by atoms with Crippen LogP contribution in [0.1, 0.15) is 17.2 Å². The zero-order valence-electron chi connectivity index (χ0n) is 11.5. The minimum Gasteiger partial charge on any atom is -0.374 e. The molecule has 0 aliphatic rings. The quantitative estimate of drug-likeness (QED) is 0.739. The smallest absolute Gasteiger partial charge is 0.209 e. The van der Waals surface area contributed by atoms with Crippen LogP contribution >= 0.6 is 0 Å². The summed E-state index contributed by atoms with van der Waals surface area (Å²) in [6, 6.07) is 6.40. The molecule has 0 unspecified atom stereocenters. The molecule has 5 nitrogen and oxygen atoms in total. The third-order valence-corrected chi connectivity index (χ3v) is 3.51. The van der Waals surface area contributed by atoms with Gasteiger partial charge >= 0.3 is 0 Å². The summed E-state index contributed by atoms with van der Waals surface area (Å²) in [4.78, 5) is 3.70. The SMILES string of the molecule is C=N[C@H](CF)[C@H](OC)c1ccc(CNS(C)(=O)=O)cc1. The lowest BCUT2D eigenvalue weighted by atomic mass is 10.0. The second-order valence-electron chi connectivity index (χ2n) is 4.40. The van der Waals surface area contributed by atoms with Crippen molar-refractivity contribution in [2.45, 2.75) is 18.7 Å². The Kier molecular flexibility index (Phi) is 6.25. The molecule has 0 saturated heterocycles. The summed E-state index contributed by atoms with van der Waals surface area (Å²) in [6.07, 6.45) is 0.596. The monoisotopic (exact) mass is 302 g/mol. The third kappa shape index (κ3) is 4.99. The Hall–Kier alpha value is -1.31. The molecule has 1 aromatic rings. The molecule has 0 fully saturated rings. The molecule has 0 saturated carbocycles. The summed E-state index contributed by atoms with van der Waals surface area (Å²) in [7, 11) is -1.74. The molecule has 7 heteroatoms. The molecule has 0 amide bonds. The summed E-state index contributed by atoms with van der Waals surface area (Å²) in [5.41, 5.74) is 1.57. The van der Waals surface area contributed by atoms with Crippen molar-refractivity contribution in [2.75, 3.05) is 20.0 Å². The number of halogens is 1. The first kappa shape index (κ1) is 16.7. The Morgan fingerprint density at radius 3 is 2.40 bits per heavy atom. The molecule has 0 heterocycles. The molecular formula is C13H19FN2O3S. The van der Waals surface area contributed by atoms with E-state index < -0.39 is 28.8 Å². The average molecular weight is 302 g/mol. The van der Waals surface area contributed by atoms with Gasteiger partial charge in [-0.15, -0.1) is 0 Å². The number of benzene rings is 1. The van der Waals surface area contributed by atoms with Crippen LogP contribution in [0.15, 0.2) is 29.3 Å². The molecule has 20 heavy (non-hydrogen) atoms. The molecule has 1 aromatic carbocycles. The van der Waals surface area contributed by atoms with E-state index in [4.69, 9.17) is 4.74 Å². The number of alkyl halides is 1. The van der Waals surface area contributed by atoms with Gasteiger partial charge in [0.2, 0.25) is 10.0 Å². The van der Waals surface area contributed by atoms with Gasteiger partial charge in [-0.25, -0.2) is 17.5 Å². The predicted molar refractivity (Wildman–Crippen MR) is 77.2 cm³/mol. The molecule has 0 aliphatic heterocycles. The maximum absolute atomic E-state index is 12.8. The normalized spacial score (nSPS) is 14.8. The van der Waals surface area contributed by atoms with Gasteiger partial charge in [0.15, 0.2) is 0 Å². The van der Waals surface area contributed by atoms with E-state index in [9.17, 15) is 12.8 Å². The summed E-state index contributed by atoms with van der Waals surface area (Å²) in [6.45, 7) is 2.91. The zero-order chi connectivity index (χ0) is 15.2. The van der Waals surface area contributed by atoms with Crippen molar-refractivity contribution >= 4 is 16.7 Å². The highest BCUT2D eigenvalue weighted by Gasteiger charge is 2.21. The van der Waals surface area contributed by atoms with Gasteiger partial charge in [0, 0.05) is 13.7 Å². The lowest BCUT2D eigenvalue weighted by Crippen LogP contribution is -2.22. The van der Waals surface area contributed by atoms with Crippen molar-refractivity contribution in [3.63, 3.8) is 0 Å². The molecule has 0 radical (unpaired) electrons. The number of hydrogen-bond acceptors (Lipinski definition) is 4. The topological polar surface area (TPSA) is 67.8 Å². The van der Waals surface area contributed by atoms with Crippen molar-refractivity contribution in [2.24, 2.45) is 4.99 Å². The molecule has 2 atom stereocenters. The second kappa shape index (κ2) is 7.47. The first-order chi connectivity index (χ1) is 9.41. The molecule has 112 valence electrons. The minimum atomic E-state index is -3.22. The van der Waals surface area contributed by atoms with Crippen molar-refractivity contribution in [3.05, 3.63) is 35.4 Å². The van der Waals surface area contributed by atoms with Crippen molar-refractivity contribution in [1.82, 2.24) is 4.72 Å². The van der Waals surface area contributed by atoms with Gasteiger partial charge in [-0.1, -0.05) is 24.3 Å². The van der Waals surface area contributed by atoms with E-state index in [-0.39, 0.29) is 6.54 Å². The molecule has 0 bridgehead atoms. The maximum atomic E-state index is 12.8. The summed E-state index contributed by atoms with van der Waals surface area (Å²) in [5, 5.41) is 0. The number of ether oxygens (including phenoxy) is 1. The van der Waals surface area contributed by atoms with E-state index in [1.54, 1.807) is 24.3 Å². The van der Waals surface area contributed by atoms with Crippen LogP contribution in [-0.4, -0.2) is 41.2 Å². The summed E-state index contributed by atoms with van der Waals surface area (Å²) < 4.78 is 42.5. The lowest BCUT2D eigenvalue weighted by Gasteiger charge is -2.20. The van der Waals surface area contributed by atoms with Gasteiger partial charge in [0.25, 0.3) is 0 Å². The van der Waals surface area contributed by atoms with Crippen LogP contribution in [0.25, 0.3) is 0 Å². The van der Waals surface area contributed by atoms with Crippen LogP contribution in [0, 0.1) is 0 Å². The Morgan fingerprint density at radius 1 is 1.40 bits per heavy atom. The highest BCUT2D eigenvalue weighted by molar-refractivity contribution is 7.88. The number of sulfonamides is 1. The first-order valence-electron chi connectivity index (χ1n) is 5.99. The fourth-order valence-corrected chi connectivity index (χ4v) is 2.21. The van der Waals surface area contributed by atoms with Crippen LogP contribution in [0.2, 0.25) is 0 Å². The molecular weight excluding hydrogens is 283 g/mol. The second-order valence-corrected chi connectivity index (χ2v) is 6.23. The average Bonchev–Trinajstić information content (AvgIpc) is 2.42. The van der Waals surface area contributed by atoms with Crippen LogP contribution in [-0.2, 0) is 21.3 Å². The van der Waals surface area contributed by atoms with Crippen LogP contribution < -0.4 is 4.72 Å². The van der Waals surface area contributed by atoms with Crippen molar-refractivity contribution in [3.8, 4) is 0 Å². The van der Waals surface area contributed by atoms with Crippen LogP contribution in [0.3, 0.4) is 0 Å². The summed E-state index contributed by atoms with van der Waals surface area (Å²) in [5.74, 6) is 0. The number of nitrogens with zero attached hydrogens (tertiary/aromatic N) is 1. The number of methoxy groups -OCH3 is 1. The largest absolute Gasteiger partial charge is 0.374 e. The number of rotatable bonds is 8. The van der Waals surface area contributed by atoms with Gasteiger partial charge in [-0.05, 0) is 17.8 Å². The molecule has 1 rings (SSSR count). The van der Waals surface area contributed by atoms with Gasteiger partial charge in [0.05, 0.1) is 6.26 Å². The Morgan fingerprint density at radius 2 is 2.00 bits per heavy atom. The zero-order valence-corrected chi connectivity index (χ0v) is 12.4. The predicted octanol–water partition coefficient (Wildman–Crippen LogP) is 1.46. The Balaban J connectivity index is 2.81. The minimum absolute atomic E-state index is 0.211. The maximum Gasteiger partial charge on any atom is 0.209 e. The van der Waals surface area contributed by atoms with Crippen molar-refractivity contribution < 1.29 is 17.5 Å². The highest BCUT2D eigenvalue weighted by atomic mass is 32.2. The highest BCUT2D eigenvalue weighted by Crippen LogP contribution is 2.23. The molecule has 0 aliphatic carbocycles. The van der Waals surface area contributed by atoms with Gasteiger partial charge in [-0.3, -0.25) is 4.99 Å². The van der Waals surface area contributed by atoms with Crippen LogP contribution in [0.5, 0.6) is 0 Å². The van der Waals surface area contributed by atoms with E-state index in [2.05, 4.69) is 16.4 Å². The molecule has 0 aromatic heterocycles. The van der Waals surface area contributed by atoms with Gasteiger partial charge in [0.1, 0.15) is 18.8 Å². The molecule has 0 spiro atoms. The third-order valence-electron chi connectivity index (χ3n) is 2.84. The van der Waals surface area contributed by atoms with E-state index >= 15 is 0 Å². The van der Waals surface area contributed by atoms with E-state index in [0.29, 0.717) is 0 Å². The van der Waals surface area contributed by atoms with Gasteiger partial charge in [-0.2, -0.15) is 0 Å².